The Bertz CT molecular complexity index is 767. The van der Waals surface area contributed by atoms with Crippen LogP contribution in [-0.2, 0) is 6.54 Å². The zero-order valence-electron chi connectivity index (χ0n) is 11.1. The molecule has 0 amide bonds. The van der Waals surface area contributed by atoms with Crippen molar-refractivity contribution in [1.29, 1.82) is 0 Å². The molecule has 0 saturated carbocycles. The van der Waals surface area contributed by atoms with E-state index in [9.17, 15) is 9.90 Å². The van der Waals surface area contributed by atoms with E-state index in [4.69, 9.17) is 0 Å². The standard InChI is InChI=1S/C13H10N4O2S.2ClH/c18-12(19)10-11-9(3-5-20-11)16-13(17-10)15-7-8-2-1-4-14-6-8;;/h1-6H,7H2,(H,18,19)(H,15,16,17);2*1H. The number of nitrogens with zero attached hydrogens (tertiary/aromatic N) is 3. The normalized spacial score (nSPS) is 9.64. The van der Waals surface area contributed by atoms with Crippen molar-refractivity contribution in [2.45, 2.75) is 6.54 Å². The second-order valence-corrected chi connectivity index (χ2v) is 4.97. The van der Waals surface area contributed by atoms with Crippen molar-refractivity contribution in [3.63, 3.8) is 0 Å². The number of carboxylic acid groups (broad SMARTS) is 1. The number of rotatable bonds is 4. The smallest absolute Gasteiger partial charge is 0.356 e. The van der Waals surface area contributed by atoms with Crippen LogP contribution in [0.4, 0.5) is 5.95 Å². The Hall–Kier alpha value is -1.96. The average molecular weight is 359 g/mol. The Kier molecular flexibility index (Phi) is 6.48. The molecule has 0 saturated heterocycles. The summed E-state index contributed by atoms with van der Waals surface area (Å²) in [7, 11) is 0. The van der Waals surface area contributed by atoms with E-state index in [1.165, 1.54) is 11.3 Å². The minimum absolute atomic E-state index is 0. The van der Waals surface area contributed by atoms with Crippen molar-refractivity contribution < 1.29 is 9.90 Å². The van der Waals surface area contributed by atoms with Crippen LogP contribution in [0, 0.1) is 0 Å². The van der Waals surface area contributed by atoms with Crippen LogP contribution in [0.3, 0.4) is 0 Å². The first-order chi connectivity index (χ1) is 9.74. The third-order valence-corrected chi connectivity index (χ3v) is 3.59. The molecule has 0 atom stereocenters. The molecule has 0 aliphatic carbocycles. The van der Waals surface area contributed by atoms with Gasteiger partial charge in [0.15, 0.2) is 5.69 Å². The summed E-state index contributed by atoms with van der Waals surface area (Å²) in [5, 5.41) is 14.0. The highest BCUT2D eigenvalue weighted by atomic mass is 35.5. The Morgan fingerprint density at radius 2 is 2.09 bits per heavy atom. The topological polar surface area (TPSA) is 88.0 Å². The first-order valence-electron chi connectivity index (χ1n) is 5.85. The van der Waals surface area contributed by atoms with Gasteiger partial charge in [0.05, 0.1) is 10.2 Å². The van der Waals surface area contributed by atoms with Gasteiger partial charge in [-0.3, -0.25) is 4.98 Å². The largest absolute Gasteiger partial charge is 0.476 e. The average Bonchev–Trinajstić information content (AvgIpc) is 2.93. The minimum atomic E-state index is -1.05. The van der Waals surface area contributed by atoms with E-state index in [1.54, 1.807) is 23.8 Å². The van der Waals surface area contributed by atoms with Crippen molar-refractivity contribution in [3.8, 4) is 0 Å². The molecule has 3 aromatic rings. The van der Waals surface area contributed by atoms with E-state index in [-0.39, 0.29) is 30.5 Å². The van der Waals surface area contributed by atoms with Crippen LogP contribution in [0.5, 0.6) is 0 Å². The first-order valence-corrected chi connectivity index (χ1v) is 6.73. The summed E-state index contributed by atoms with van der Waals surface area (Å²) in [6.07, 6.45) is 3.42. The predicted molar refractivity (Wildman–Crippen MR) is 90.4 cm³/mol. The molecule has 0 aliphatic rings. The number of anilines is 1. The second kappa shape index (κ2) is 7.88. The Morgan fingerprint density at radius 3 is 2.77 bits per heavy atom. The lowest BCUT2D eigenvalue weighted by molar-refractivity contribution is 0.0693. The van der Waals surface area contributed by atoms with Gasteiger partial charge >= 0.3 is 5.97 Å². The van der Waals surface area contributed by atoms with Crippen LogP contribution in [-0.4, -0.2) is 26.0 Å². The summed E-state index contributed by atoms with van der Waals surface area (Å²) in [6.45, 7) is 0.489. The summed E-state index contributed by atoms with van der Waals surface area (Å²) in [6, 6.07) is 5.53. The van der Waals surface area contributed by atoms with E-state index in [0.29, 0.717) is 22.7 Å². The van der Waals surface area contributed by atoms with Gasteiger partial charge in [0.1, 0.15) is 0 Å². The van der Waals surface area contributed by atoms with E-state index in [2.05, 4.69) is 20.3 Å². The van der Waals surface area contributed by atoms with Gasteiger partial charge in [-0.2, -0.15) is 0 Å². The molecule has 22 heavy (non-hydrogen) atoms. The van der Waals surface area contributed by atoms with Gasteiger partial charge in [-0.05, 0) is 23.1 Å². The summed E-state index contributed by atoms with van der Waals surface area (Å²) in [4.78, 5) is 23.6. The van der Waals surface area contributed by atoms with Gasteiger partial charge in [-0.25, -0.2) is 14.8 Å². The van der Waals surface area contributed by atoms with Gasteiger partial charge in [0.2, 0.25) is 5.95 Å². The highest BCUT2D eigenvalue weighted by molar-refractivity contribution is 7.17. The number of aromatic carboxylic acids is 1. The van der Waals surface area contributed by atoms with Crippen molar-refractivity contribution in [2.24, 2.45) is 0 Å². The molecule has 3 aromatic heterocycles. The molecule has 9 heteroatoms. The van der Waals surface area contributed by atoms with Crippen LogP contribution in [0.25, 0.3) is 10.2 Å². The van der Waals surface area contributed by atoms with Crippen LogP contribution in [0.1, 0.15) is 16.1 Å². The molecular weight excluding hydrogens is 347 g/mol. The molecule has 0 bridgehead atoms. The lowest BCUT2D eigenvalue weighted by Crippen LogP contribution is -2.08. The molecule has 0 aliphatic heterocycles. The first kappa shape index (κ1) is 18.1. The number of pyridine rings is 1. The van der Waals surface area contributed by atoms with Crippen LogP contribution >= 0.6 is 36.2 Å². The zero-order chi connectivity index (χ0) is 13.9. The van der Waals surface area contributed by atoms with Gasteiger partial charge in [-0.1, -0.05) is 6.07 Å². The van der Waals surface area contributed by atoms with Crippen LogP contribution in [0.15, 0.2) is 36.0 Å². The summed E-state index contributed by atoms with van der Waals surface area (Å²) in [5.41, 5.74) is 1.63. The second-order valence-electron chi connectivity index (χ2n) is 4.05. The predicted octanol–water partition coefficient (Wildman–Crippen LogP) is 3.24. The number of hydrogen-bond acceptors (Lipinski definition) is 6. The van der Waals surface area contributed by atoms with E-state index >= 15 is 0 Å². The Labute approximate surface area is 142 Å². The quantitative estimate of drug-likeness (QED) is 0.744. The number of halogens is 2. The number of carbonyl (C=O) groups is 1. The zero-order valence-corrected chi connectivity index (χ0v) is 13.5. The molecule has 0 aromatic carbocycles. The molecule has 0 fully saturated rings. The molecule has 116 valence electrons. The van der Waals surface area contributed by atoms with Crippen molar-refractivity contribution in [2.75, 3.05) is 5.32 Å². The third-order valence-electron chi connectivity index (χ3n) is 2.68. The Morgan fingerprint density at radius 1 is 1.27 bits per heavy atom. The Balaban J connectivity index is 0.00000121. The lowest BCUT2D eigenvalue weighted by Gasteiger charge is -2.06. The number of aromatic nitrogens is 3. The van der Waals surface area contributed by atoms with E-state index in [1.807, 2.05) is 12.1 Å². The van der Waals surface area contributed by atoms with Crippen LogP contribution < -0.4 is 5.32 Å². The highest BCUT2D eigenvalue weighted by Gasteiger charge is 2.14. The fourth-order valence-corrected chi connectivity index (χ4v) is 2.58. The third kappa shape index (κ3) is 3.82. The van der Waals surface area contributed by atoms with Gasteiger partial charge < -0.3 is 10.4 Å². The maximum atomic E-state index is 11.2. The van der Waals surface area contributed by atoms with Crippen molar-refractivity contribution >= 4 is 58.3 Å². The fraction of sp³-hybridized carbons (Fsp3) is 0.0769. The number of fused-ring (bicyclic) bond motifs is 1. The van der Waals surface area contributed by atoms with Gasteiger partial charge in [0, 0.05) is 18.9 Å². The van der Waals surface area contributed by atoms with Crippen LogP contribution in [0.2, 0.25) is 0 Å². The minimum Gasteiger partial charge on any atom is -0.476 e. The molecule has 3 rings (SSSR count). The molecule has 0 spiro atoms. The monoisotopic (exact) mass is 358 g/mol. The van der Waals surface area contributed by atoms with Gasteiger partial charge in [-0.15, -0.1) is 36.2 Å². The number of nitrogens with one attached hydrogen (secondary N) is 1. The number of thiophene rings is 1. The summed E-state index contributed by atoms with van der Waals surface area (Å²) >= 11 is 1.32. The van der Waals surface area contributed by atoms with E-state index in [0.717, 1.165) is 5.56 Å². The molecule has 0 radical (unpaired) electrons. The number of hydrogen-bond donors (Lipinski definition) is 2. The van der Waals surface area contributed by atoms with Crippen molar-refractivity contribution in [1.82, 2.24) is 15.0 Å². The maximum absolute atomic E-state index is 11.2. The summed E-state index contributed by atoms with van der Waals surface area (Å²) in [5.74, 6) is -0.749. The lowest BCUT2D eigenvalue weighted by atomic mass is 10.3. The molecule has 3 heterocycles. The molecular formula is C13H12Cl2N4O2S. The fourth-order valence-electron chi connectivity index (χ4n) is 1.77. The molecule has 0 unspecified atom stereocenters. The number of carboxylic acids is 1. The molecule has 2 N–H and O–H groups in total. The van der Waals surface area contributed by atoms with Crippen molar-refractivity contribution in [3.05, 3.63) is 47.2 Å². The SMILES string of the molecule is Cl.Cl.O=C(O)c1nc(NCc2cccnc2)nc2ccsc12. The maximum Gasteiger partial charge on any atom is 0.356 e. The summed E-state index contributed by atoms with van der Waals surface area (Å²) < 4.78 is 0.587. The highest BCUT2D eigenvalue weighted by Crippen LogP contribution is 2.23. The van der Waals surface area contributed by atoms with Gasteiger partial charge in [0.25, 0.3) is 0 Å². The van der Waals surface area contributed by atoms with E-state index < -0.39 is 5.97 Å². The molecule has 6 nitrogen and oxygen atoms in total.